The number of anilines is 2. The van der Waals surface area contributed by atoms with E-state index in [2.05, 4.69) is 14.9 Å². The minimum absolute atomic E-state index is 0.0836. The first kappa shape index (κ1) is 19.0. The first-order valence-electron chi connectivity index (χ1n) is 9.82. The number of nitrogens with zero attached hydrogens (tertiary/aromatic N) is 6. The van der Waals surface area contributed by atoms with Crippen LogP contribution in [-0.2, 0) is 0 Å². The number of rotatable bonds is 4. The second-order valence-electron chi connectivity index (χ2n) is 7.45. The smallest absolute Gasteiger partial charge is 0.254 e. The van der Waals surface area contributed by atoms with Gasteiger partial charge in [0.15, 0.2) is 0 Å². The van der Waals surface area contributed by atoms with E-state index < -0.39 is 0 Å². The highest BCUT2D eigenvalue weighted by molar-refractivity contribution is 5.95. The number of carbonyl (C=O) groups is 1. The minimum atomic E-state index is 0.0836. The van der Waals surface area contributed by atoms with E-state index >= 15 is 0 Å². The highest BCUT2D eigenvalue weighted by Gasteiger charge is 2.23. The van der Waals surface area contributed by atoms with Gasteiger partial charge < -0.3 is 19.3 Å². The molecule has 7 heteroatoms. The number of amides is 1. The van der Waals surface area contributed by atoms with Gasteiger partial charge in [-0.05, 0) is 37.3 Å². The molecule has 150 valence electrons. The van der Waals surface area contributed by atoms with E-state index in [0.29, 0.717) is 13.1 Å². The zero-order chi connectivity index (χ0) is 20.4. The van der Waals surface area contributed by atoms with E-state index in [0.717, 1.165) is 41.8 Å². The molecule has 1 amide bonds. The van der Waals surface area contributed by atoms with Gasteiger partial charge in [-0.25, -0.2) is 9.97 Å². The van der Waals surface area contributed by atoms with Gasteiger partial charge in [0, 0.05) is 70.0 Å². The molecule has 0 N–H and O–H groups in total. The van der Waals surface area contributed by atoms with Crippen LogP contribution in [0.5, 0.6) is 0 Å². The van der Waals surface area contributed by atoms with Crippen molar-refractivity contribution in [1.29, 1.82) is 0 Å². The molecule has 3 heterocycles. The van der Waals surface area contributed by atoms with Crippen molar-refractivity contribution >= 4 is 17.4 Å². The summed E-state index contributed by atoms with van der Waals surface area (Å²) in [7, 11) is 3.96. The monoisotopic (exact) mass is 390 g/mol. The molecule has 29 heavy (non-hydrogen) atoms. The summed E-state index contributed by atoms with van der Waals surface area (Å²) in [6.45, 7) is 4.76. The van der Waals surface area contributed by atoms with E-state index in [9.17, 15) is 4.79 Å². The molecular formula is C22H26N6O. The molecule has 0 aliphatic carbocycles. The lowest BCUT2D eigenvalue weighted by Crippen LogP contribution is -2.49. The van der Waals surface area contributed by atoms with E-state index in [1.54, 1.807) is 0 Å². The highest BCUT2D eigenvalue weighted by atomic mass is 16.2. The predicted octanol–water partition coefficient (Wildman–Crippen LogP) is 2.60. The number of piperazine rings is 1. The lowest BCUT2D eigenvalue weighted by Gasteiger charge is -2.35. The molecule has 4 rings (SSSR count). The summed E-state index contributed by atoms with van der Waals surface area (Å²) in [6, 6.07) is 13.7. The van der Waals surface area contributed by atoms with Gasteiger partial charge in [0.1, 0.15) is 17.5 Å². The van der Waals surface area contributed by atoms with E-state index in [-0.39, 0.29) is 5.91 Å². The Hall–Kier alpha value is -3.35. The standard InChI is InChI=1S/C22H26N6O/c1-17-23-20(26-9-4-5-10-26)16-21(24-17)27-11-13-28(14-12-27)22(29)18-7-6-8-19(15-18)25(2)3/h4-10,15-16H,11-14H2,1-3H3. The van der Waals surface area contributed by atoms with Gasteiger partial charge in [-0.3, -0.25) is 4.79 Å². The maximum atomic E-state index is 12.9. The van der Waals surface area contributed by atoms with E-state index in [4.69, 9.17) is 0 Å². The molecule has 0 radical (unpaired) electrons. The molecule has 1 saturated heterocycles. The van der Waals surface area contributed by atoms with Crippen molar-refractivity contribution in [3.05, 3.63) is 66.2 Å². The second-order valence-corrected chi connectivity index (χ2v) is 7.45. The van der Waals surface area contributed by atoms with Crippen LogP contribution < -0.4 is 9.80 Å². The van der Waals surface area contributed by atoms with Gasteiger partial charge in [-0.15, -0.1) is 0 Å². The van der Waals surface area contributed by atoms with Crippen LogP contribution in [0.4, 0.5) is 11.5 Å². The van der Waals surface area contributed by atoms with Crippen LogP contribution in [0.3, 0.4) is 0 Å². The third-order valence-corrected chi connectivity index (χ3v) is 5.18. The second kappa shape index (κ2) is 7.95. The van der Waals surface area contributed by atoms with Crippen molar-refractivity contribution in [1.82, 2.24) is 19.4 Å². The fraction of sp³-hybridized carbons (Fsp3) is 0.318. The Morgan fingerprint density at radius 2 is 1.62 bits per heavy atom. The summed E-state index contributed by atoms with van der Waals surface area (Å²) in [6.07, 6.45) is 3.95. The zero-order valence-electron chi connectivity index (χ0n) is 17.1. The molecule has 0 saturated carbocycles. The topological polar surface area (TPSA) is 57.5 Å². The van der Waals surface area contributed by atoms with Gasteiger partial charge >= 0.3 is 0 Å². The normalized spacial score (nSPS) is 14.2. The molecule has 0 atom stereocenters. The van der Waals surface area contributed by atoms with Crippen LogP contribution in [0.2, 0.25) is 0 Å². The Morgan fingerprint density at radius 3 is 2.31 bits per heavy atom. The van der Waals surface area contributed by atoms with Crippen molar-refractivity contribution in [2.75, 3.05) is 50.1 Å². The van der Waals surface area contributed by atoms with Crippen molar-refractivity contribution in [3.8, 4) is 5.82 Å². The number of aromatic nitrogens is 3. The lowest BCUT2D eigenvalue weighted by atomic mass is 10.1. The molecule has 1 aliphatic rings. The molecule has 1 aromatic carbocycles. The molecule has 0 spiro atoms. The number of carbonyl (C=O) groups excluding carboxylic acids is 1. The molecule has 3 aromatic rings. The van der Waals surface area contributed by atoms with Crippen LogP contribution in [0, 0.1) is 6.92 Å². The zero-order valence-corrected chi connectivity index (χ0v) is 17.1. The number of hydrogen-bond donors (Lipinski definition) is 0. The first-order chi connectivity index (χ1) is 14.0. The van der Waals surface area contributed by atoms with Crippen LogP contribution in [0.15, 0.2) is 54.9 Å². The van der Waals surface area contributed by atoms with Gasteiger partial charge in [0.2, 0.25) is 0 Å². The first-order valence-corrected chi connectivity index (χ1v) is 9.82. The number of aryl methyl sites for hydroxylation is 1. The van der Waals surface area contributed by atoms with E-state index in [1.807, 2.05) is 90.2 Å². The number of hydrogen-bond acceptors (Lipinski definition) is 5. The fourth-order valence-corrected chi connectivity index (χ4v) is 3.56. The SMILES string of the molecule is Cc1nc(N2CCN(C(=O)c3cccc(N(C)C)c3)CC2)cc(-n2cccc2)n1. The Kier molecular flexibility index (Phi) is 5.20. The quantitative estimate of drug-likeness (QED) is 0.685. The van der Waals surface area contributed by atoms with Gasteiger partial charge in [-0.1, -0.05) is 6.07 Å². The van der Waals surface area contributed by atoms with Crippen molar-refractivity contribution < 1.29 is 4.79 Å². The molecular weight excluding hydrogens is 364 g/mol. The predicted molar refractivity (Wildman–Crippen MR) is 115 cm³/mol. The average Bonchev–Trinajstić information content (AvgIpc) is 3.28. The summed E-state index contributed by atoms with van der Waals surface area (Å²) >= 11 is 0. The molecule has 7 nitrogen and oxygen atoms in total. The summed E-state index contributed by atoms with van der Waals surface area (Å²) in [4.78, 5) is 28.2. The Bertz CT molecular complexity index is 990. The molecule has 2 aromatic heterocycles. The lowest BCUT2D eigenvalue weighted by molar-refractivity contribution is 0.0746. The summed E-state index contributed by atoms with van der Waals surface area (Å²) in [5.74, 6) is 2.59. The highest BCUT2D eigenvalue weighted by Crippen LogP contribution is 2.20. The van der Waals surface area contributed by atoms with Gasteiger partial charge in [-0.2, -0.15) is 0 Å². The fourth-order valence-electron chi connectivity index (χ4n) is 3.56. The molecule has 0 unspecified atom stereocenters. The van der Waals surface area contributed by atoms with Gasteiger partial charge in [0.25, 0.3) is 5.91 Å². The van der Waals surface area contributed by atoms with Crippen molar-refractivity contribution in [3.63, 3.8) is 0 Å². The maximum Gasteiger partial charge on any atom is 0.254 e. The maximum absolute atomic E-state index is 12.9. The third kappa shape index (κ3) is 4.08. The molecule has 0 bridgehead atoms. The van der Waals surface area contributed by atoms with E-state index in [1.165, 1.54) is 0 Å². The summed E-state index contributed by atoms with van der Waals surface area (Å²) < 4.78 is 1.98. The van der Waals surface area contributed by atoms with Crippen LogP contribution >= 0.6 is 0 Å². The Labute approximate surface area is 171 Å². The van der Waals surface area contributed by atoms with Crippen LogP contribution in [-0.4, -0.2) is 65.6 Å². The Morgan fingerprint density at radius 1 is 0.931 bits per heavy atom. The molecule has 1 fully saturated rings. The van der Waals surface area contributed by atoms with Gasteiger partial charge in [0.05, 0.1) is 0 Å². The van der Waals surface area contributed by atoms with Crippen LogP contribution in [0.25, 0.3) is 5.82 Å². The van der Waals surface area contributed by atoms with Crippen molar-refractivity contribution in [2.45, 2.75) is 6.92 Å². The summed E-state index contributed by atoms with van der Waals surface area (Å²) in [5.41, 5.74) is 1.76. The van der Waals surface area contributed by atoms with Crippen molar-refractivity contribution in [2.24, 2.45) is 0 Å². The average molecular weight is 390 g/mol. The molecule has 1 aliphatic heterocycles. The minimum Gasteiger partial charge on any atom is -0.378 e. The van der Waals surface area contributed by atoms with Crippen LogP contribution in [0.1, 0.15) is 16.2 Å². The Balaban J connectivity index is 1.46. The summed E-state index contributed by atoms with van der Waals surface area (Å²) in [5, 5.41) is 0. The third-order valence-electron chi connectivity index (χ3n) is 5.18. The largest absolute Gasteiger partial charge is 0.378 e. The number of benzene rings is 1.